The van der Waals surface area contributed by atoms with Crippen molar-refractivity contribution < 1.29 is 18.4 Å². The molecule has 7 heteroatoms. The number of hydrogen-bond acceptors (Lipinski definition) is 4. The topological polar surface area (TPSA) is 49.4 Å². The molecule has 0 radical (unpaired) electrons. The number of nitrogens with zero attached hydrogens (tertiary/aromatic N) is 1. The summed E-state index contributed by atoms with van der Waals surface area (Å²) in [6.45, 7) is 0. The van der Waals surface area contributed by atoms with Crippen LogP contribution in [0.4, 0.5) is 20.2 Å². The first-order valence-corrected chi connectivity index (χ1v) is 8.88. The summed E-state index contributed by atoms with van der Waals surface area (Å²) in [6.07, 6.45) is 0. The Bertz CT molecular complexity index is 1060. The van der Waals surface area contributed by atoms with Crippen molar-refractivity contribution in [2.24, 2.45) is 0 Å². The molecule has 4 nitrogen and oxygen atoms in total. The van der Waals surface area contributed by atoms with Crippen molar-refractivity contribution >= 4 is 40.1 Å². The van der Waals surface area contributed by atoms with Gasteiger partial charge in [0.15, 0.2) is 0 Å². The van der Waals surface area contributed by atoms with Crippen LogP contribution in [0.2, 0.25) is 0 Å². The first-order chi connectivity index (χ1) is 13.1. The highest BCUT2D eigenvalue weighted by atomic mass is 32.1. The summed E-state index contributed by atoms with van der Waals surface area (Å²) < 4.78 is 27.9. The van der Waals surface area contributed by atoms with Gasteiger partial charge in [-0.05, 0) is 35.7 Å². The van der Waals surface area contributed by atoms with E-state index in [9.17, 15) is 18.4 Å². The maximum absolute atomic E-state index is 14.2. The third kappa shape index (κ3) is 3.02. The number of anilines is 2. The molecule has 2 heterocycles. The van der Waals surface area contributed by atoms with Gasteiger partial charge >= 0.3 is 0 Å². The van der Waals surface area contributed by atoms with Crippen LogP contribution in [0.1, 0.15) is 4.88 Å². The van der Waals surface area contributed by atoms with Gasteiger partial charge in [-0.1, -0.05) is 24.3 Å². The zero-order valence-corrected chi connectivity index (χ0v) is 14.6. The normalized spacial score (nSPS) is 14.2. The van der Waals surface area contributed by atoms with Crippen molar-refractivity contribution in [3.8, 4) is 0 Å². The van der Waals surface area contributed by atoms with E-state index in [-0.39, 0.29) is 11.3 Å². The quantitative estimate of drug-likeness (QED) is 0.680. The van der Waals surface area contributed by atoms with Crippen molar-refractivity contribution in [1.82, 2.24) is 0 Å². The van der Waals surface area contributed by atoms with Crippen LogP contribution < -0.4 is 10.2 Å². The Morgan fingerprint density at radius 3 is 2.37 bits per heavy atom. The molecule has 134 valence electrons. The van der Waals surface area contributed by atoms with Crippen LogP contribution >= 0.6 is 11.3 Å². The molecule has 0 aliphatic carbocycles. The molecule has 1 aromatic heterocycles. The molecule has 27 heavy (non-hydrogen) atoms. The Labute approximate surface area is 157 Å². The SMILES string of the molecule is O=C1C(Nc2ccccc2)=C(c2cccs2)C(=O)N1c1cc(F)ccc1F. The Balaban J connectivity index is 1.83. The number of para-hydroxylation sites is 1. The predicted molar refractivity (Wildman–Crippen MR) is 100 cm³/mol. The van der Waals surface area contributed by atoms with Gasteiger partial charge in [0.2, 0.25) is 0 Å². The Morgan fingerprint density at radius 1 is 0.889 bits per heavy atom. The van der Waals surface area contributed by atoms with Crippen LogP contribution in [0.3, 0.4) is 0 Å². The third-order valence-electron chi connectivity index (χ3n) is 4.04. The number of carbonyl (C=O) groups is 2. The minimum atomic E-state index is -0.857. The fourth-order valence-corrected chi connectivity index (χ4v) is 3.60. The zero-order chi connectivity index (χ0) is 19.0. The average Bonchev–Trinajstić information content (AvgIpc) is 3.26. The van der Waals surface area contributed by atoms with Crippen LogP contribution in [-0.4, -0.2) is 11.8 Å². The summed E-state index contributed by atoms with van der Waals surface area (Å²) in [7, 11) is 0. The fourth-order valence-electron chi connectivity index (χ4n) is 2.84. The minimum Gasteiger partial charge on any atom is -0.350 e. The van der Waals surface area contributed by atoms with E-state index < -0.39 is 29.1 Å². The molecule has 3 aromatic rings. The fraction of sp³-hybridized carbons (Fsp3) is 0. The van der Waals surface area contributed by atoms with E-state index in [1.54, 1.807) is 41.8 Å². The molecule has 1 N–H and O–H groups in total. The second-order valence-electron chi connectivity index (χ2n) is 5.76. The van der Waals surface area contributed by atoms with Gasteiger partial charge in [0.05, 0.1) is 11.3 Å². The highest BCUT2D eigenvalue weighted by Crippen LogP contribution is 2.36. The van der Waals surface area contributed by atoms with Crippen LogP contribution in [0.25, 0.3) is 5.57 Å². The minimum absolute atomic E-state index is 0.0253. The van der Waals surface area contributed by atoms with Gasteiger partial charge < -0.3 is 5.32 Å². The molecule has 1 aliphatic rings. The van der Waals surface area contributed by atoms with Crippen LogP contribution in [0.15, 0.2) is 71.7 Å². The number of benzene rings is 2. The number of rotatable bonds is 4. The van der Waals surface area contributed by atoms with Crippen LogP contribution in [0.5, 0.6) is 0 Å². The molecular weight excluding hydrogens is 370 g/mol. The van der Waals surface area contributed by atoms with E-state index in [0.717, 1.165) is 18.2 Å². The van der Waals surface area contributed by atoms with E-state index in [0.29, 0.717) is 15.5 Å². The van der Waals surface area contributed by atoms with E-state index in [2.05, 4.69) is 5.32 Å². The maximum atomic E-state index is 14.2. The third-order valence-corrected chi connectivity index (χ3v) is 4.93. The molecular formula is C20H12F2N2O2S. The predicted octanol–water partition coefficient (Wildman–Crippen LogP) is 4.42. The summed E-state index contributed by atoms with van der Waals surface area (Å²) in [5.74, 6) is -3.04. The summed E-state index contributed by atoms with van der Waals surface area (Å²) in [5.41, 5.74) is 0.341. The Kier molecular flexibility index (Phi) is 4.29. The van der Waals surface area contributed by atoms with Crippen molar-refractivity contribution in [2.75, 3.05) is 10.2 Å². The molecule has 4 rings (SSSR count). The first-order valence-electron chi connectivity index (χ1n) is 8.00. The molecule has 0 atom stereocenters. The lowest BCUT2D eigenvalue weighted by Crippen LogP contribution is -2.33. The van der Waals surface area contributed by atoms with Crippen molar-refractivity contribution in [3.63, 3.8) is 0 Å². The van der Waals surface area contributed by atoms with Crippen LogP contribution in [0, 0.1) is 11.6 Å². The van der Waals surface area contributed by atoms with E-state index in [1.165, 1.54) is 11.3 Å². The lowest BCUT2D eigenvalue weighted by molar-refractivity contribution is -0.120. The smallest absolute Gasteiger partial charge is 0.282 e. The van der Waals surface area contributed by atoms with Gasteiger partial charge in [0.25, 0.3) is 11.8 Å². The maximum Gasteiger partial charge on any atom is 0.282 e. The summed E-state index contributed by atoms with van der Waals surface area (Å²) in [5, 5.41) is 4.72. The highest BCUT2D eigenvalue weighted by Gasteiger charge is 2.41. The van der Waals surface area contributed by atoms with Gasteiger partial charge in [-0.3, -0.25) is 9.59 Å². The molecule has 0 saturated heterocycles. The molecule has 0 spiro atoms. The number of nitrogens with one attached hydrogen (secondary N) is 1. The number of amides is 2. The van der Waals surface area contributed by atoms with Crippen molar-refractivity contribution in [2.45, 2.75) is 0 Å². The van der Waals surface area contributed by atoms with Gasteiger partial charge in [-0.25, -0.2) is 13.7 Å². The molecule has 0 fully saturated rings. The largest absolute Gasteiger partial charge is 0.350 e. The van der Waals surface area contributed by atoms with Gasteiger partial charge in [-0.15, -0.1) is 11.3 Å². The first kappa shape index (κ1) is 17.1. The summed E-state index contributed by atoms with van der Waals surface area (Å²) in [6, 6.07) is 14.9. The molecule has 1 aliphatic heterocycles. The number of imide groups is 1. The van der Waals surface area contributed by atoms with Crippen LogP contribution in [-0.2, 0) is 9.59 Å². The summed E-state index contributed by atoms with van der Waals surface area (Å²) in [4.78, 5) is 27.2. The second kappa shape index (κ2) is 6.77. The molecule has 0 bridgehead atoms. The molecule has 0 saturated carbocycles. The van der Waals surface area contributed by atoms with E-state index >= 15 is 0 Å². The average molecular weight is 382 g/mol. The standard InChI is InChI=1S/C20H12F2N2O2S/c21-12-8-9-14(22)15(11-12)24-19(25)17(16-7-4-10-27-16)18(20(24)26)23-13-5-2-1-3-6-13/h1-11,23H. The van der Waals surface area contributed by atoms with Crippen molar-refractivity contribution in [1.29, 1.82) is 0 Å². The second-order valence-corrected chi connectivity index (χ2v) is 6.71. The highest BCUT2D eigenvalue weighted by molar-refractivity contribution is 7.11. The van der Waals surface area contributed by atoms with E-state index in [4.69, 9.17) is 0 Å². The lowest BCUT2D eigenvalue weighted by atomic mass is 10.2. The summed E-state index contributed by atoms with van der Waals surface area (Å²) >= 11 is 1.28. The Morgan fingerprint density at radius 2 is 1.67 bits per heavy atom. The number of carbonyl (C=O) groups excluding carboxylic acids is 2. The number of hydrogen-bond donors (Lipinski definition) is 1. The molecule has 2 amide bonds. The zero-order valence-electron chi connectivity index (χ0n) is 13.8. The van der Waals surface area contributed by atoms with Gasteiger partial charge in [0.1, 0.15) is 17.3 Å². The number of thiophene rings is 1. The van der Waals surface area contributed by atoms with Gasteiger partial charge in [-0.2, -0.15) is 0 Å². The number of halogens is 2. The molecule has 0 unspecified atom stereocenters. The lowest BCUT2D eigenvalue weighted by Gasteiger charge is -2.16. The molecule has 2 aromatic carbocycles. The van der Waals surface area contributed by atoms with E-state index in [1.807, 2.05) is 6.07 Å². The van der Waals surface area contributed by atoms with Gasteiger partial charge in [0, 0.05) is 16.6 Å². The Hall–Kier alpha value is -3.32. The monoisotopic (exact) mass is 382 g/mol. The van der Waals surface area contributed by atoms with Crippen molar-refractivity contribution in [3.05, 3.63) is 88.3 Å².